The topological polar surface area (TPSA) is 97.2 Å². The molecule has 3 aliphatic rings. The fourth-order valence-electron chi connectivity index (χ4n) is 6.04. The fourth-order valence-corrected chi connectivity index (χ4v) is 7.23. The van der Waals surface area contributed by atoms with Crippen molar-refractivity contribution in [3.05, 3.63) is 89.5 Å². The van der Waals surface area contributed by atoms with Crippen LogP contribution >= 0.6 is 11.8 Å². The zero-order chi connectivity index (χ0) is 31.1. The van der Waals surface area contributed by atoms with E-state index >= 15 is 0 Å². The van der Waals surface area contributed by atoms with Crippen molar-refractivity contribution in [3.63, 3.8) is 0 Å². The standard InChI is InChI=1S/C34H33N5O5S/c1-22-8-11-26(12-9-22)39-34-31(32(35-39)24-6-4-3-5-7-24)33(25-10-13-27-28(18-25)44-21-43-27)45-20-30(42)38(34)19-29(41)37-16-14-36(15-17-37)23(2)40/h3-13,18,33H,14-17,19-21H2,1-2H3/t33-/m1/s1. The number of amides is 3. The summed E-state index contributed by atoms with van der Waals surface area (Å²) in [5, 5.41) is 4.89. The zero-order valence-electron chi connectivity index (χ0n) is 25.1. The molecule has 10 nitrogen and oxygen atoms in total. The first kappa shape index (κ1) is 29.0. The number of carbonyl (C=O) groups excluding carboxylic acids is 3. The Labute approximate surface area is 265 Å². The van der Waals surface area contributed by atoms with Gasteiger partial charge in [-0.25, -0.2) is 4.68 Å². The molecule has 0 saturated carbocycles. The number of fused-ring (bicyclic) bond motifs is 2. The molecule has 0 bridgehead atoms. The van der Waals surface area contributed by atoms with Crippen LogP contribution in [0.25, 0.3) is 16.9 Å². The lowest BCUT2D eigenvalue weighted by molar-refractivity contribution is -0.137. The van der Waals surface area contributed by atoms with Gasteiger partial charge in [-0.3, -0.25) is 19.3 Å². The zero-order valence-corrected chi connectivity index (χ0v) is 26.0. The maximum absolute atomic E-state index is 14.1. The molecule has 0 radical (unpaired) electrons. The molecule has 45 heavy (non-hydrogen) atoms. The third kappa shape index (κ3) is 5.52. The van der Waals surface area contributed by atoms with Gasteiger partial charge in [0.05, 0.1) is 22.4 Å². The molecule has 3 amide bonds. The average molecular weight is 624 g/mol. The first-order valence-corrected chi connectivity index (χ1v) is 16.0. The molecule has 1 fully saturated rings. The molecule has 4 aromatic rings. The van der Waals surface area contributed by atoms with Gasteiger partial charge in [0.2, 0.25) is 24.5 Å². The van der Waals surface area contributed by atoms with Crippen molar-refractivity contribution < 1.29 is 23.9 Å². The van der Waals surface area contributed by atoms with Gasteiger partial charge in [-0.05, 0) is 36.8 Å². The minimum atomic E-state index is -0.285. The van der Waals surface area contributed by atoms with Crippen LogP contribution in [0, 0.1) is 6.92 Å². The Bertz CT molecular complexity index is 1770. The number of thioether (sulfide) groups is 1. The van der Waals surface area contributed by atoms with Crippen LogP contribution in [0.1, 0.15) is 28.9 Å². The minimum Gasteiger partial charge on any atom is -0.454 e. The van der Waals surface area contributed by atoms with E-state index in [1.165, 1.54) is 11.8 Å². The van der Waals surface area contributed by atoms with Crippen molar-refractivity contribution in [3.8, 4) is 28.4 Å². The van der Waals surface area contributed by atoms with Gasteiger partial charge in [0, 0.05) is 44.2 Å². The van der Waals surface area contributed by atoms with E-state index in [0.29, 0.717) is 43.5 Å². The van der Waals surface area contributed by atoms with E-state index in [4.69, 9.17) is 14.6 Å². The normalized spacial score (nSPS) is 17.7. The van der Waals surface area contributed by atoms with Crippen molar-refractivity contribution in [2.45, 2.75) is 19.1 Å². The maximum Gasteiger partial charge on any atom is 0.242 e. The first-order chi connectivity index (χ1) is 21.9. The third-order valence-corrected chi connectivity index (χ3v) is 9.74. The fraction of sp³-hybridized carbons (Fsp3) is 0.294. The van der Waals surface area contributed by atoms with E-state index in [1.807, 2.05) is 84.4 Å². The van der Waals surface area contributed by atoms with Gasteiger partial charge in [0.15, 0.2) is 11.5 Å². The highest BCUT2D eigenvalue weighted by molar-refractivity contribution is 8.00. The Morgan fingerprint density at radius 3 is 2.36 bits per heavy atom. The van der Waals surface area contributed by atoms with Crippen molar-refractivity contribution in [2.75, 3.05) is 50.2 Å². The number of aromatic nitrogens is 2. The monoisotopic (exact) mass is 623 g/mol. The number of aryl methyl sites for hydroxylation is 1. The number of carbonyl (C=O) groups is 3. The number of hydrogen-bond acceptors (Lipinski definition) is 7. The lowest BCUT2D eigenvalue weighted by Crippen LogP contribution is -2.53. The van der Waals surface area contributed by atoms with Crippen LogP contribution in [-0.2, 0) is 14.4 Å². The van der Waals surface area contributed by atoms with Crippen LogP contribution in [0.5, 0.6) is 11.5 Å². The number of ether oxygens (including phenoxy) is 2. The molecule has 0 spiro atoms. The smallest absolute Gasteiger partial charge is 0.242 e. The molecular formula is C34H33N5O5S. The highest BCUT2D eigenvalue weighted by atomic mass is 32.2. The summed E-state index contributed by atoms with van der Waals surface area (Å²) in [5.74, 6) is 1.75. The van der Waals surface area contributed by atoms with Crippen LogP contribution in [-0.4, -0.2) is 82.6 Å². The van der Waals surface area contributed by atoms with Gasteiger partial charge in [-0.1, -0.05) is 54.1 Å². The van der Waals surface area contributed by atoms with Crippen LogP contribution in [0.3, 0.4) is 0 Å². The second kappa shape index (κ2) is 12.0. The predicted molar refractivity (Wildman–Crippen MR) is 172 cm³/mol. The van der Waals surface area contributed by atoms with Crippen LogP contribution < -0.4 is 14.4 Å². The summed E-state index contributed by atoms with van der Waals surface area (Å²) in [7, 11) is 0. The lowest BCUT2D eigenvalue weighted by atomic mass is 9.99. The molecule has 4 heterocycles. The number of anilines is 1. The predicted octanol–water partition coefficient (Wildman–Crippen LogP) is 4.44. The number of hydrogen-bond donors (Lipinski definition) is 0. The van der Waals surface area contributed by atoms with Crippen LogP contribution in [0.4, 0.5) is 5.82 Å². The molecule has 230 valence electrons. The van der Waals surface area contributed by atoms with Crippen molar-refractivity contribution in [1.29, 1.82) is 0 Å². The third-order valence-electron chi connectivity index (χ3n) is 8.49. The van der Waals surface area contributed by atoms with Gasteiger partial charge in [-0.15, -0.1) is 11.8 Å². The molecule has 3 aliphatic heterocycles. The van der Waals surface area contributed by atoms with Gasteiger partial charge in [0.1, 0.15) is 12.4 Å². The van der Waals surface area contributed by atoms with E-state index in [-0.39, 0.29) is 42.1 Å². The SMILES string of the molecule is CC(=O)N1CCN(C(=O)CN2C(=O)CS[C@H](c3ccc4c(c3)OCO4)c3c(-c4ccccc4)nn(-c4ccc(C)cc4)c32)CC1. The number of benzene rings is 3. The molecule has 3 aromatic carbocycles. The Morgan fingerprint density at radius 1 is 0.911 bits per heavy atom. The van der Waals surface area contributed by atoms with Crippen molar-refractivity contribution >= 4 is 35.3 Å². The number of rotatable bonds is 5. The quantitative estimate of drug-likeness (QED) is 0.325. The van der Waals surface area contributed by atoms with Crippen LogP contribution in [0.2, 0.25) is 0 Å². The summed E-state index contributed by atoms with van der Waals surface area (Å²) in [6, 6.07) is 23.8. The highest BCUT2D eigenvalue weighted by Gasteiger charge is 2.39. The molecule has 7 rings (SSSR count). The Kier molecular flexibility index (Phi) is 7.70. The second-order valence-electron chi connectivity index (χ2n) is 11.4. The van der Waals surface area contributed by atoms with Gasteiger partial charge < -0.3 is 19.3 Å². The highest BCUT2D eigenvalue weighted by Crippen LogP contribution is 2.50. The largest absolute Gasteiger partial charge is 0.454 e. The van der Waals surface area contributed by atoms with E-state index in [1.54, 1.807) is 21.6 Å². The molecular weight excluding hydrogens is 590 g/mol. The average Bonchev–Trinajstić information content (AvgIpc) is 3.66. The van der Waals surface area contributed by atoms with E-state index in [9.17, 15) is 14.4 Å². The Morgan fingerprint density at radius 2 is 1.62 bits per heavy atom. The maximum atomic E-state index is 14.1. The molecule has 11 heteroatoms. The summed E-state index contributed by atoms with van der Waals surface area (Å²) >= 11 is 1.51. The molecule has 0 unspecified atom stereocenters. The molecule has 1 atom stereocenters. The molecule has 1 aromatic heterocycles. The molecule has 0 aliphatic carbocycles. The Hall–Kier alpha value is -4.77. The summed E-state index contributed by atoms with van der Waals surface area (Å²) in [6.07, 6.45) is 0. The Balaban J connectivity index is 1.38. The molecule has 0 N–H and O–H groups in total. The molecule has 1 saturated heterocycles. The summed E-state index contributed by atoms with van der Waals surface area (Å²) < 4.78 is 13.1. The number of piperazine rings is 1. The van der Waals surface area contributed by atoms with E-state index < -0.39 is 0 Å². The number of nitrogens with zero attached hydrogens (tertiary/aromatic N) is 5. The minimum absolute atomic E-state index is 0.00328. The summed E-state index contributed by atoms with van der Waals surface area (Å²) in [4.78, 5) is 44.9. The summed E-state index contributed by atoms with van der Waals surface area (Å²) in [6.45, 7) is 5.39. The lowest BCUT2D eigenvalue weighted by Gasteiger charge is -2.35. The van der Waals surface area contributed by atoms with Gasteiger partial charge in [0.25, 0.3) is 0 Å². The van der Waals surface area contributed by atoms with Crippen molar-refractivity contribution in [1.82, 2.24) is 19.6 Å². The van der Waals surface area contributed by atoms with E-state index in [0.717, 1.165) is 33.6 Å². The van der Waals surface area contributed by atoms with Gasteiger partial charge >= 0.3 is 0 Å². The van der Waals surface area contributed by atoms with E-state index in [2.05, 4.69) is 0 Å². The van der Waals surface area contributed by atoms with Crippen LogP contribution in [0.15, 0.2) is 72.8 Å². The van der Waals surface area contributed by atoms with Crippen molar-refractivity contribution in [2.24, 2.45) is 0 Å². The second-order valence-corrected chi connectivity index (χ2v) is 12.5. The first-order valence-electron chi connectivity index (χ1n) is 15.0. The summed E-state index contributed by atoms with van der Waals surface area (Å²) in [5.41, 5.74) is 5.34. The van der Waals surface area contributed by atoms with Gasteiger partial charge in [-0.2, -0.15) is 5.10 Å².